The molecule has 1 fully saturated rings. The molecule has 106 valence electrons. The van der Waals surface area contributed by atoms with Crippen molar-refractivity contribution in [3.05, 3.63) is 29.8 Å². The molecule has 0 saturated carbocycles. The van der Waals surface area contributed by atoms with E-state index >= 15 is 0 Å². The highest BCUT2D eigenvalue weighted by Crippen LogP contribution is 2.27. The second kappa shape index (κ2) is 6.03. The number of aliphatic hydroxyl groups excluding tert-OH is 1. The Bertz CT molecular complexity index is 510. The van der Waals surface area contributed by atoms with Crippen LogP contribution in [0.1, 0.15) is 31.7 Å². The molecule has 0 amide bonds. The maximum absolute atomic E-state index is 12.5. The van der Waals surface area contributed by atoms with Crippen molar-refractivity contribution >= 4 is 10.0 Å². The molecule has 0 aliphatic carbocycles. The van der Waals surface area contributed by atoms with Gasteiger partial charge in [0.2, 0.25) is 10.0 Å². The SMILES string of the molecule is CCC1CCCN1S(=O)(=O)c1ccc(CCO)cc1. The molecule has 1 atom stereocenters. The van der Waals surface area contributed by atoms with E-state index in [4.69, 9.17) is 5.11 Å². The van der Waals surface area contributed by atoms with E-state index in [-0.39, 0.29) is 12.6 Å². The molecule has 19 heavy (non-hydrogen) atoms. The van der Waals surface area contributed by atoms with Gasteiger partial charge in [-0.25, -0.2) is 8.42 Å². The Morgan fingerprint density at radius 2 is 2.00 bits per heavy atom. The molecule has 1 aromatic carbocycles. The van der Waals surface area contributed by atoms with Crippen molar-refractivity contribution in [2.75, 3.05) is 13.2 Å². The van der Waals surface area contributed by atoms with E-state index in [9.17, 15) is 8.42 Å². The molecule has 4 nitrogen and oxygen atoms in total. The van der Waals surface area contributed by atoms with Crippen LogP contribution in [-0.2, 0) is 16.4 Å². The van der Waals surface area contributed by atoms with Gasteiger partial charge in [0.25, 0.3) is 0 Å². The van der Waals surface area contributed by atoms with Gasteiger partial charge in [0.05, 0.1) is 4.90 Å². The van der Waals surface area contributed by atoms with E-state index in [1.807, 2.05) is 6.92 Å². The molecule has 0 aromatic heterocycles. The fraction of sp³-hybridized carbons (Fsp3) is 0.571. The molecule has 0 bridgehead atoms. The van der Waals surface area contributed by atoms with Crippen LogP contribution in [0, 0.1) is 0 Å². The Kier molecular flexibility index (Phi) is 4.60. The number of nitrogens with zero attached hydrogens (tertiary/aromatic N) is 1. The standard InChI is InChI=1S/C14H21NO3S/c1-2-13-4-3-10-15(13)19(17,18)14-7-5-12(6-8-14)9-11-16/h5-8,13,16H,2-4,9-11H2,1H3. The van der Waals surface area contributed by atoms with Crippen LogP contribution < -0.4 is 0 Å². The molecular formula is C14H21NO3S. The Balaban J connectivity index is 2.24. The lowest BCUT2D eigenvalue weighted by Gasteiger charge is -2.23. The van der Waals surface area contributed by atoms with Crippen LogP contribution in [0.25, 0.3) is 0 Å². The predicted molar refractivity (Wildman–Crippen MR) is 74.4 cm³/mol. The number of sulfonamides is 1. The summed E-state index contributed by atoms with van der Waals surface area (Å²) in [6.07, 6.45) is 3.32. The number of hydrogen-bond acceptors (Lipinski definition) is 3. The molecule has 5 heteroatoms. The van der Waals surface area contributed by atoms with Crippen molar-refractivity contribution in [2.45, 2.75) is 43.5 Å². The van der Waals surface area contributed by atoms with Crippen molar-refractivity contribution in [3.8, 4) is 0 Å². The molecule has 1 aromatic rings. The van der Waals surface area contributed by atoms with Crippen molar-refractivity contribution < 1.29 is 13.5 Å². The first-order valence-electron chi connectivity index (χ1n) is 6.81. The molecule has 2 rings (SSSR count). The smallest absolute Gasteiger partial charge is 0.243 e. The maximum Gasteiger partial charge on any atom is 0.243 e. The largest absolute Gasteiger partial charge is 0.396 e. The lowest BCUT2D eigenvalue weighted by atomic mass is 10.2. The van der Waals surface area contributed by atoms with Crippen LogP contribution in [0.2, 0.25) is 0 Å². The summed E-state index contributed by atoms with van der Waals surface area (Å²) in [4.78, 5) is 0.356. The summed E-state index contributed by atoms with van der Waals surface area (Å²) in [6.45, 7) is 2.73. The van der Waals surface area contributed by atoms with Gasteiger partial charge in [-0.1, -0.05) is 19.1 Å². The van der Waals surface area contributed by atoms with Gasteiger partial charge in [-0.05, 0) is 43.4 Å². The van der Waals surface area contributed by atoms with Crippen LogP contribution in [0.15, 0.2) is 29.2 Å². The monoisotopic (exact) mass is 283 g/mol. The second-order valence-corrected chi connectivity index (χ2v) is 6.83. The summed E-state index contributed by atoms with van der Waals surface area (Å²) in [7, 11) is -3.36. The Hall–Kier alpha value is -0.910. The van der Waals surface area contributed by atoms with Crippen molar-refractivity contribution in [2.24, 2.45) is 0 Å². The maximum atomic E-state index is 12.5. The Labute approximate surface area is 115 Å². The van der Waals surface area contributed by atoms with Gasteiger partial charge in [-0.3, -0.25) is 0 Å². The molecule has 1 heterocycles. The highest BCUT2D eigenvalue weighted by molar-refractivity contribution is 7.89. The Morgan fingerprint density at radius 1 is 1.32 bits per heavy atom. The molecule has 0 radical (unpaired) electrons. The zero-order valence-electron chi connectivity index (χ0n) is 11.2. The minimum absolute atomic E-state index is 0.0795. The van der Waals surface area contributed by atoms with Gasteiger partial charge in [0, 0.05) is 19.2 Å². The molecule has 1 unspecified atom stereocenters. The minimum Gasteiger partial charge on any atom is -0.396 e. The summed E-state index contributed by atoms with van der Waals surface area (Å²) in [5.41, 5.74) is 0.954. The quantitative estimate of drug-likeness (QED) is 0.896. The molecule has 1 aliphatic rings. The van der Waals surface area contributed by atoms with Gasteiger partial charge in [0.15, 0.2) is 0 Å². The summed E-state index contributed by atoms with van der Waals surface area (Å²) in [5, 5.41) is 8.86. The topological polar surface area (TPSA) is 57.6 Å². The van der Waals surface area contributed by atoms with E-state index in [1.165, 1.54) is 0 Å². The summed E-state index contributed by atoms with van der Waals surface area (Å²) < 4.78 is 26.7. The highest BCUT2D eigenvalue weighted by Gasteiger charge is 2.33. The molecular weight excluding hydrogens is 262 g/mol. The second-order valence-electron chi connectivity index (χ2n) is 4.94. The van der Waals surface area contributed by atoms with Gasteiger partial charge >= 0.3 is 0 Å². The minimum atomic E-state index is -3.36. The van der Waals surface area contributed by atoms with Crippen LogP contribution in [0.4, 0.5) is 0 Å². The number of hydrogen-bond donors (Lipinski definition) is 1. The van der Waals surface area contributed by atoms with Crippen LogP contribution in [0.3, 0.4) is 0 Å². The fourth-order valence-corrected chi connectivity index (χ4v) is 4.39. The zero-order valence-corrected chi connectivity index (χ0v) is 12.1. The molecule has 1 aliphatic heterocycles. The average Bonchev–Trinajstić information content (AvgIpc) is 2.89. The highest BCUT2D eigenvalue weighted by atomic mass is 32.2. The Morgan fingerprint density at radius 3 is 2.58 bits per heavy atom. The van der Waals surface area contributed by atoms with E-state index in [2.05, 4.69) is 0 Å². The first kappa shape index (κ1) is 14.5. The third-order valence-corrected chi connectivity index (χ3v) is 5.69. The first-order valence-corrected chi connectivity index (χ1v) is 8.25. The van der Waals surface area contributed by atoms with Crippen LogP contribution in [-0.4, -0.2) is 37.0 Å². The van der Waals surface area contributed by atoms with E-state index in [1.54, 1.807) is 28.6 Å². The molecule has 1 saturated heterocycles. The number of aliphatic hydroxyl groups is 1. The lowest BCUT2D eigenvalue weighted by molar-refractivity contribution is 0.299. The normalized spacial score (nSPS) is 20.8. The van der Waals surface area contributed by atoms with E-state index in [0.29, 0.717) is 17.9 Å². The van der Waals surface area contributed by atoms with Crippen LogP contribution >= 0.6 is 0 Å². The van der Waals surface area contributed by atoms with E-state index in [0.717, 1.165) is 24.8 Å². The summed E-state index contributed by atoms with van der Waals surface area (Å²) in [5.74, 6) is 0. The summed E-state index contributed by atoms with van der Waals surface area (Å²) >= 11 is 0. The van der Waals surface area contributed by atoms with Crippen LogP contribution in [0.5, 0.6) is 0 Å². The van der Waals surface area contributed by atoms with Crippen molar-refractivity contribution in [3.63, 3.8) is 0 Å². The molecule has 0 spiro atoms. The molecule has 1 N–H and O–H groups in total. The van der Waals surface area contributed by atoms with Gasteiger partial charge in [-0.15, -0.1) is 0 Å². The zero-order chi connectivity index (χ0) is 13.9. The van der Waals surface area contributed by atoms with Gasteiger partial charge in [0.1, 0.15) is 0 Å². The third kappa shape index (κ3) is 2.99. The van der Waals surface area contributed by atoms with Crippen molar-refractivity contribution in [1.82, 2.24) is 4.31 Å². The number of rotatable bonds is 5. The average molecular weight is 283 g/mol. The summed E-state index contributed by atoms with van der Waals surface area (Å²) in [6, 6.07) is 6.99. The number of benzene rings is 1. The lowest BCUT2D eigenvalue weighted by Crippen LogP contribution is -2.35. The van der Waals surface area contributed by atoms with E-state index < -0.39 is 10.0 Å². The van der Waals surface area contributed by atoms with Crippen molar-refractivity contribution in [1.29, 1.82) is 0 Å². The third-order valence-electron chi connectivity index (χ3n) is 3.72. The predicted octanol–water partition coefficient (Wildman–Crippen LogP) is 1.78. The first-order chi connectivity index (χ1) is 9.09. The van der Waals surface area contributed by atoms with Gasteiger partial charge < -0.3 is 5.11 Å². The fourth-order valence-electron chi connectivity index (χ4n) is 2.63. The van der Waals surface area contributed by atoms with Gasteiger partial charge in [-0.2, -0.15) is 4.31 Å².